The van der Waals surface area contributed by atoms with E-state index in [1.54, 1.807) is 0 Å². The van der Waals surface area contributed by atoms with Crippen molar-refractivity contribution in [1.82, 2.24) is 0 Å². The Hall–Kier alpha value is -0.780. The zero-order valence-corrected chi connectivity index (χ0v) is 9.40. The van der Waals surface area contributed by atoms with Gasteiger partial charge in [0.2, 0.25) is 0 Å². The number of hydrogen-bond acceptors (Lipinski definition) is 2. The Morgan fingerprint density at radius 3 is 2.44 bits per heavy atom. The third-order valence-electron chi connectivity index (χ3n) is 2.21. The standard InChI is InChI=1S/C10H12F3NO.ClH/c1-6-4-7(2-3-8(6)11)9(14)10(12,13)5-15;/h2-4,9,15H,5,14H2,1H3;1H/t9-;/m1./s1. The maximum absolute atomic E-state index is 13.0. The van der Waals surface area contributed by atoms with Crippen LogP contribution in [0.5, 0.6) is 0 Å². The van der Waals surface area contributed by atoms with E-state index >= 15 is 0 Å². The average Bonchev–Trinajstić information content (AvgIpc) is 2.21. The van der Waals surface area contributed by atoms with Gasteiger partial charge in [0.15, 0.2) is 0 Å². The monoisotopic (exact) mass is 255 g/mol. The molecule has 0 fully saturated rings. The largest absolute Gasteiger partial charge is 0.390 e. The van der Waals surface area contributed by atoms with E-state index in [9.17, 15) is 13.2 Å². The number of hydrogen-bond donors (Lipinski definition) is 2. The zero-order chi connectivity index (χ0) is 11.6. The summed E-state index contributed by atoms with van der Waals surface area (Å²) in [4.78, 5) is 0. The molecule has 2 nitrogen and oxygen atoms in total. The fraction of sp³-hybridized carbons (Fsp3) is 0.400. The third-order valence-corrected chi connectivity index (χ3v) is 2.21. The summed E-state index contributed by atoms with van der Waals surface area (Å²) in [6.07, 6.45) is 0. The number of aryl methyl sites for hydroxylation is 1. The van der Waals surface area contributed by atoms with Gasteiger partial charge >= 0.3 is 0 Å². The molecule has 16 heavy (non-hydrogen) atoms. The first-order valence-corrected chi connectivity index (χ1v) is 4.39. The van der Waals surface area contributed by atoms with Crippen molar-refractivity contribution in [2.45, 2.75) is 18.9 Å². The predicted octanol–water partition coefficient (Wildman–Crippen LogP) is 2.18. The Morgan fingerprint density at radius 2 is 2.00 bits per heavy atom. The van der Waals surface area contributed by atoms with E-state index in [-0.39, 0.29) is 23.5 Å². The number of aliphatic hydroxyl groups is 1. The van der Waals surface area contributed by atoms with Crippen LogP contribution in [-0.2, 0) is 0 Å². The highest BCUT2D eigenvalue weighted by Crippen LogP contribution is 2.29. The molecule has 0 spiro atoms. The van der Waals surface area contributed by atoms with Crippen LogP contribution in [0.4, 0.5) is 13.2 Å². The van der Waals surface area contributed by atoms with E-state index in [0.29, 0.717) is 0 Å². The van der Waals surface area contributed by atoms with Crippen LogP contribution in [0.2, 0.25) is 0 Å². The molecule has 6 heteroatoms. The fourth-order valence-corrected chi connectivity index (χ4v) is 1.20. The van der Waals surface area contributed by atoms with Gasteiger partial charge in [0, 0.05) is 0 Å². The number of alkyl halides is 2. The number of halogens is 4. The maximum atomic E-state index is 13.0. The van der Waals surface area contributed by atoms with Crippen molar-refractivity contribution in [2.75, 3.05) is 6.61 Å². The van der Waals surface area contributed by atoms with E-state index in [4.69, 9.17) is 10.8 Å². The Morgan fingerprint density at radius 1 is 1.44 bits per heavy atom. The fourth-order valence-electron chi connectivity index (χ4n) is 1.20. The normalized spacial score (nSPS) is 13.1. The summed E-state index contributed by atoms with van der Waals surface area (Å²) in [7, 11) is 0. The van der Waals surface area contributed by atoms with Gasteiger partial charge in [-0.05, 0) is 24.1 Å². The Labute approximate surface area is 97.7 Å². The molecule has 0 aliphatic heterocycles. The average molecular weight is 256 g/mol. The van der Waals surface area contributed by atoms with Crippen molar-refractivity contribution in [3.8, 4) is 0 Å². The molecule has 0 bridgehead atoms. The van der Waals surface area contributed by atoms with Gasteiger partial charge in [-0.15, -0.1) is 12.4 Å². The molecule has 1 aromatic rings. The molecule has 0 unspecified atom stereocenters. The molecule has 1 aromatic carbocycles. The molecule has 0 aliphatic carbocycles. The molecular weight excluding hydrogens is 243 g/mol. The summed E-state index contributed by atoms with van der Waals surface area (Å²) in [5, 5.41) is 8.45. The van der Waals surface area contributed by atoms with Crippen molar-refractivity contribution in [2.24, 2.45) is 5.73 Å². The molecule has 92 valence electrons. The van der Waals surface area contributed by atoms with Crippen molar-refractivity contribution < 1.29 is 18.3 Å². The van der Waals surface area contributed by atoms with Crippen LogP contribution in [0.1, 0.15) is 17.2 Å². The lowest BCUT2D eigenvalue weighted by Gasteiger charge is -2.21. The van der Waals surface area contributed by atoms with Gasteiger partial charge in [-0.2, -0.15) is 0 Å². The molecule has 1 atom stereocenters. The summed E-state index contributed by atoms with van der Waals surface area (Å²) >= 11 is 0. The van der Waals surface area contributed by atoms with Gasteiger partial charge in [-0.25, -0.2) is 13.2 Å². The molecule has 0 aliphatic rings. The number of aliphatic hydroxyl groups excluding tert-OH is 1. The van der Waals surface area contributed by atoms with Gasteiger partial charge in [0.1, 0.15) is 12.4 Å². The lowest BCUT2D eigenvalue weighted by Crippen LogP contribution is -2.36. The molecule has 0 radical (unpaired) electrons. The first-order valence-electron chi connectivity index (χ1n) is 4.39. The zero-order valence-electron chi connectivity index (χ0n) is 8.58. The SMILES string of the molecule is Cc1cc([C@@H](N)C(F)(F)CO)ccc1F.Cl. The maximum Gasteiger partial charge on any atom is 0.289 e. The highest BCUT2D eigenvalue weighted by Gasteiger charge is 2.37. The van der Waals surface area contributed by atoms with Crippen LogP contribution in [0.25, 0.3) is 0 Å². The molecule has 0 heterocycles. The van der Waals surface area contributed by atoms with E-state index in [2.05, 4.69) is 0 Å². The summed E-state index contributed by atoms with van der Waals surface area (Å²) in [5.41, 5.74) is 5.62. The molecule has 0 saturated carbocycles. The lowest BCUT2D eigenvalue weighted by atomic mass is 10.00. The molecule has 0 saturated heterocycles. The first-order chi connectivity index (χ1) is 6.88. The van der Waals surface area contributed by atoms with Crippen molar-refractivity contribution >= 4 is 12.4 Å². The van der Waals surface area contributed by atoms with E-state index < -0.39 is 24.4 Å². The molecule has 3 N–H and O–H groups in total. The summed E-state index contributed by atoms with van der Waals surface area (Å²) in [6.45, 7) is 0.132. The summed E-state index contributed by atoms with van der Waals surface area (Å²) < 4.78 is 38.9. The molecule has 0 amide bonds. The molecule has 0 aromatic heterocycles. The van der Waals surface area contributed by atoms with Crippen molar-refractivity contribution in [1.29, 1.82) is 0 Å². The second-order valence-electron chi connectivity index (χ2n) is 3.41. The van der Waals surface area contributed by atoms with E-state index in [0.717, 1.165) is 6.07 Å². The Balaban J connectivity index is 0.00000225. The third kappa shape index (κ3) is 3.10. The molecular formula is C10H13ClF3NO. The highest BCUT2D eigenvalue weighted by atomic mass is 35.5. The topological polar surface area (TPSA) is 46.2 Å². The van der Waals surface area contributed by atoms with Gasteiger partial charge in [0.05, 0.1) is 6.04 Å². The summed E-state index contributed by atoms with van der Waals surface area (Å²) in [6, 6.07) is 1.90. The minimum absolute atomic E-state index is 0. The van der Waals surface area contributed by atoms with Crippen LogP contribution in [0.15, 0.2) is 18.2 Å². The quantitative estimate of drug-likeness (QED) is 0.870. The number of benzene rings is 1. The minimum atomic E-state index is -3.40. The van der Waals surface area contributed by atoms with Gasteiger partial charge in [-0.3, -0.25) is 0 Å². The van der Waals surface area contributed by atoms with Gasteiger partial charge < -0.3 is 10.8 Å². The minimum Gasteiger partial charge on any atom is -0.390 e. The van der Waals surface area contributed by atoms with Crippen molar-refractivity contribution in [3.05, 3.63) is 35.1 Å². The summed E-state index contributed by atoms with van der Waals surface area (Å²) in [5.74, 6) is -3.87. The van der Waals surface area contributed by atoms with Crippen LogP contribution in [0, 0.1) is 12.7 Å². The number of rotatable bonds is 3. The van der Waals surface area contributed by atoms with Gasteiger partial charge in [-0.1, -0.05) is 12.1 Å². The Bertz CT molecular complexity index is 360. The smallest absolute Gasteiger partial charge is 0.289 e. The molecule has 1 rings (SSSR count). The van der Waals surface area contributed by atoms with Crippen LogP contribution < -0.4 is 5.73 Å². The number of nitrogens with two attached hydrogens (primary N) is 1. The lowest BCUT2D eigenvalue weighted by molar-refractivity contribution is -0.0712. The second kappa shape index (κ2) is 5.52. The van der Waals surface area contributed by atoms with Gasteiger partial charge in [0.25, 0.3) is 5.92 Å². The van der Waals surface area contributed by atoms with Crippen LogP contribution >= 0.6 is 12.4 Å². The van der Waals surface area contributed by atoms with Crippen LogP contribution in [0.3, 0.4) is 0 Å². The second-order valence-corrected chi connectivity index (χ2v) is 3.41. The van der Waals surface area contributed by atoms with E-state index in [1.807, 2.05) is 0 Å². The van der Waals surface area contributed by atoms with Crippen LogP contribution in [-0.4, -0.2) is 17.6 Å². The van der Waals surface area contributed by atoms with E-state index in [1.165, 1.54) is 19.1 Å². The van der Waals surface area contributed by atoms with Crippen molar-refractivity contribution in [3.63, 3.8) is 0 Å². The Kier molecular flexibility index (Phi) is 5.25. The highest BCUT2D eigenvalue weighted by molar-refractivity contribution is 5.85. The first kappa shape index (κ1) is 15.2. The predicted molar refractivity (Wildman–Crippen MR) is 57.3 cm³/mol.